The fourth-order valence-corrected chi connectivity index (χ4v) is 2.28. The standard InChI is InChI=1S/C14H25N3O4/c1-4-21-12(18)5-8-15-13(19)11-6-9-17(10-7-11)14(20)16(2)3/h11H,4-10H2,1-3H3,(H,15,19). The number of amides is 3. The molecule has 7 nitrogen and oxygen atoms in total. The van der Waals surface area contributed by atoms with Crippen LogP contribution in [-0.4, -0.2) is 68.0 Å². The Balaban J connectivity index is 2.26. The molecule has 1 fully saturated rings. The van der Waals surface area contributed by atoms with Crippen LogP contribution in [0.3, 0.4) is 0 Å². The van der Waals surface area contributed by atoms with E-state index in [1.165, 1.54) is 0 Å². The van der Waals surface area contributed by atoms with Crippen LogP contribution in [0.15, 0.2) is 0 Å². The maximum Gasteiger partial charge on any atom is 0.319 e. The largest absolute Gasteiger partial charge is 0.466 e. The van der Waals surface area contributed by atoms with Crippen LogP contribution in [0.1, 0.15) is 26.2 Å². The maximum atomic E-state index is 12.0. The van der Waals surface area contributed by atoms with E-state index in [4.69, 9.17) is 4.74 Å². The van der Waals surface area contributed by atoms with Crippen LogP contribution in [0.5, 0.6) is 0 Å². The van der Waals surface area contributed by atoms with Crippen molar-refractivity contribution in [2.45, 2.75) is 26.2 Å². The van der Waals surface area contributed by atoms with E-state index in [0.29, 0.717) is 39.1 Å². The summed E-state index contributed by atoms with van der Waals surface area (Å²) in [6, 6.07) is -0.0174. The van der Waals surface area contributed by atoms with Gasteiger partial charge >= 0.3 is 12.0 Å². The summed E-state index contributed by atoms with van der Waals surface area (Å²) in [5, 5.41) is 2.75. The van der Waals surface area contributed by atoms with E-state index < -0.39 is 0 Å². The summed E-state index contributed by atoms with van der Waals surface area (Å²) in [7, 11) is 3.44. The molecular formula is C14H25N3O4. The van der Waals surface area contributed by atoms with Crippen molar-refractivity contribution in [2.24, 2.45) is 5.92 Å². The third-order valence-electron chi connectivity index (χ3n) is 3.45. The number of nitrogens with one attached hydrogen (secondary N) is 1. The second-order valence-corrected chi connectivity index (χ2v) is 5.28. The normalized spacial score (nSPS) is 15.5. The maximum absolute atomic E-state index is 12.0. The highest BCUT2D eigenvalue weighted by Crippen LogP contribution is 2.18. The Morgan fingerprint density at radius 3 is 2.38 bits per heavy atom. The molecule has 0 aromatic rings. The van der Waals surface area contributed by atoms with Gasteiger partial charge in [-0.15, -0.1) is 0 Å². The number of likely N-dealkylation sites (tertiary alicyclic amines) is 1. The lowest BCUT2D eigenvalue weighted by Gasteiger charge is -2.33. The Labute approximate surface area is 125 Å². The Morgan fingerprint density at radius 1 is 1.24 bits per heavy atom. The van der Waals surface area contributed by atoms with Crippen molar-refractivity contribution >= 4 is 17.9 Å². The summed E-state index contributed by atoms with van der Waals surface area (Å²) in [5.41, 5.74) is 0. The monoisotopic (exact) mass is 299 g/mol. The van der Waals surface area contributed by atoms with Gasteiger partial charge in [0, 0.05) is 39.6 Å². The minimum Gasteiger partial charge on any atom is -0.466 e. The smallest absolute Gasteiger partial charge is 0.319 e. The molecular weight excluding hydrogens is 274 g/mol. The highest BCUT2D eigenvalue weighted by molar-refractivity contribution is 5.80. The number of carbonyl (C=O) groups excluding carboxylic acids is 3. The molecule has 0 aromatic carbocycles. The summed E-state index contributed by atoms with van der Waals surface area (Å²) in [5.74, 6) is -0.432. The Bertz CT molecular complexity index is 376. The molecule has 0 aromatic heterocycles. The van der Waals surface area contributed by atoms with Crippen molar-refractivity contribution in [1.29, 1.82) is 0 Å². The molecule has 0 saturated carbocycles. The summed E-state index contributed by atoms with van der Waals surface area (Å²) in [6.45, 7) is 3.58. The number of urea groups is 1. The lowest BCUT2D eigenvalue weighted by Crippen LogP contribution is -2.46. The summed E-state index contributed by atoms with van der Waals surface area (Å²) < 4.78 is 4.79. The molecule has 1 saturated heterocycles. The second kappa shape index (κ2) is 8.49. The van der Waals surface area contributed by atoms with Gasteiger partial charge in [-0.2, -0.15) is 0 Å². The van der Waals surface area contributed by atoms with Gasteiger partial charge in [0.2, 0.25) is 5.91 Å². The second-order valence-electron chi connectivity index (χ2n) is 5.28. The molecule has 1 heterocycles. The fourth-order valence-electron chi connectivity index (χ4n) is 2.28. The number of carbonyl (C=O) groups is 3. The molecule has 0 radical (unpaired) electrons. The molecule has 7 heteroatoms. The molecule has 120 valence electrons. The quantitative estimate of drug-likeness (QED) is 0.748. The summed E-state index contributed by atoms with van der Waals surface area (Å²) in [4.78, 5) is 38.2. The van der Waals surface area contributed by atoms with Crippen LogP contribution in [0.2, 0.25) is 0 Å². The number of esters is 1. The van der Waals surface area contributed by atoms with Crippen LogP contribution >= 0.6 is 0 Å². The minimum absolute atomic E-state index is 0.0174. The van der Waals surface area contributed by atoms with E-state index in [2.05, 4.69) is 5.32 Å². The molecule has 0 atom stereocenters. The van der Waals surface area contributed by atoms with Crippen LogP contribution in [-0.2, 0) is 14.3 Å². The topological polar surface area (TPSA) is 79.0 Å². The molecule has 0 bridgehead atoms. The third kappa shape index (κ3) is 5.61. The molecule has 3 amide bonds. The van der Waals surface area contributed by atoms with E-state index >= 15 is 0 Å². The van der Waals surface area contributed by atoms with Crippen molar-refractivity contribution in [3.63, 3.8) is 0 Å². The van der Waals surface area contributed by atoms with Crippen molar-refractivity contribution < 1.29 is 19.1 Å². The van der Waals surface area contributed by atoms with Crippen molar-refractivity contribution in [2.75, 3.05) is 40.3 Å². The molecule has 21 heavy (non-hydrogen) atoms. The first-order valence-electron chi connectivity index (χ1n) is 7.35. The van der Waals surface area contributed by atoms with Gasteiger partial charge in [-0.05, 0) is 19.8 Å². The van der Waals surface area contributed by atoms with E-state index in [0.717, 1.165) is 0 Å². The van der Waals surface area contributed by atoms with E-state index in [1.807, 2.05) is 0 Å². The Morgan fingerprint density at radius 2 is 1.86 bits per heavy atom. The van der Waals surface area contributed by atoms with Gasteiger partial charge in [0.25, 0.3) is 0 Å². The van der Waals surface area contributed by atoms with Crippen molar-refractivity contribution in [1.82, 2.24) is 15.1 Å². The summed E-state index contributed by atoms with van der Waals surface area (Å²) in [6.07, 6.45) is 1.51. The van der Waals surface area contributed by atoms with E-state index in [9.17, 15) is 14.4 Å². The van der Waals surface area contributed by atoms with E-state index in [1.54, 1.807) is 30.8 Å². The lowest BCUT2D eigenvalue weighted by molar-refractivity contribution is -0.143. The van der Waals surface area contributed by atoms with E-state index in [-0.39, 0.29) is 30.2 Å². The van der Waals surface area contributed by atoms with Crippen LogP contribution in [0.4, 0.5) is 4.79 Å². The predicted octanol–water partition coefficient (Wildman–Crippen LogP) is 0.449. The molecule has 1 N–H and O–H groups in total. The Hall–Kier alpha value is -1.79. The SMILES string of the molecule is CCOC(=O)CCNC(=O)C1CCN(C(=O)N(C)C)CC1. The zero-order valence-corrected chi connectivity index (χ0v) is 13.1. The molecule has 0 spiro atoms. The average molecular weight is 299 g/mol. The highest BCUT2D eigenvalue weighted by Gasteiger charge is 2.27. The molecule has 1 rings (SSSR count). The lowest BCUT2D eigenvalue weighted by atomic mass is 9.96. The third-order valence-corrected chi connectivity index (χ3v) is 3.45. The van der Waals surface area contributed by atoms with Crippen LogP contribution in [0, 0.1) is 5.92 Å². The van der Waals surface area contributed by atoms with Gasteiger partial charge in [0.1, 0.15) is 0 Å². The Kier molecular flexibility index (Phi) is 6.98. The number of ether oxygens (including phenoxy) is 1. The zero-order chi connectivity index (χ0) is 15.8. The van der Waals surface area contributed by atoms with Gasteiger partial charge in [-0.3, -0.25) is 9.59 Å². The van der Waals surface area contributed by atoms with Gasteiger partial charge < -0.3 is 19.9 Å². The predicted molar refractivity (Wildman–Crippen MR) is 77.6 cm³/mol. The van der Waals surface area contributed by atoms with Gasteiger partial charge in [0.15, 0.2) is 0 Å². The number of hydrogen-bond donors (Lipinski definition) is 1. The molecule has 1 aliphatic heterocycles. The molecule has 0 aliphatic carbocycles. The van der Waals surface area contributed by atoms with Gasteiger partial charge in [0.05, 0.1) is 13.0 Å². The molecule has 0 unspecified atom stereocenters. The summed E-state index contributed by atoms with van der Waals surface area (Å²) >= 11 is 0. The van der Waals surface area contributed by atoms with Gasteiger partial charge in [-0.1, -0.05) is 0 Å². The average Bonchev–Trinajstić information content (AvgIpc) is 2.46. The number of nitrogens with zero attached hydrogens (tertiary/aromatic N) is 2. The van der Waals surface area contributed by atoms with Crippen LogP contribution in [0.25, 0.3) is 0 Å². The highest BCUT2D eigenvalue weighted by atomic mass is 16.5. The fraction of sp³-hybridized carbons (Fsp3) is 0.786. The van der Waals surface area contributed by atoms with Crippen molar-refractivity contribution in [3.05, 3.63) is 0 Å². The number of hydrogen-bond acceptors (Lipinski definition) is 4. The first-order valence-corrected chi connectivity index (χ1v) is 7.35. The molecule has 1 aliphatic rings. The van der Waals surface area contributed by atoms with Crippen molar-refractivity contribution in [3.8, 4) is 0 Å². The zero-order valence-electron chi connectivity index (χ0n) is 13.1. The first kappa shape index (κ1) is 17.3. The van der Waals surface area contributed by atoms with Crippen LogP contribution < -0.4 is 5.32 Å². The number of piperidine rings is 1. The first-order chi connectivity index (χ1) is 9.95. The van der Waals surface area contributed by atoms with Gasteiger partial charge in [-0.25, -0.2) is 4.79 Å². The number of rotatable bonds is 5. The minimum atomic E-state index is -0.302.